The molecule has 0 radical (unpaired) electrons. The summed E-state index contributed by atoms with van der Waals surface area (Å²) in [6.45, 7) is 3.36. The molecule has 2 fully saturated rings. The van der Waals surface area contributed by atoms with Crippen molar-refractivity contribution in [1.82, 2.24) is 14.7 Å². The molecular weight excluding hydrogens is 382 g/mol. The Balaban J connectivity index is 1.42. The zero-order valence-corrected chi connectivity index (χ0v) is 18.4. The van der Waals surface area contributed by atoms with E-state index in [0.29, 0.717) is 26.2 Å². The van der Waals surface area contributed by atoms with Gasteiger partial charge in [0.15, 0.2) is 0 Å². The molecule has 1 spiro atoms. The van der Waals surface area contributed by atoms with Crippen LogP contribution in [0.4, 0.5) is 4.79 Å². The Kier molecular flexibility index (Phi) is 5.91. The second-order valence-corrected chi connectivity index (χ2v) is 8.90. The van der Waals surface area contributed by atoms with Gasteiger partial charge in [-0.1, -0.05) is 6.07 Å². The molecule has 7 heteroatoms. The van der Waals surface area contributed by atoms with Crippen LogP contribution in [-0.4, -0.2) is 80.6 Å². The standard InChI is InChI=1S/C23H33N3O4/c1-24(2)22(28)26-11-4-5-18(16-26)21(27)25-12-9-23(10-13-25)20-7-6-19(29-3)15-17(20)8-14-30-23/h6-7,15,18H,4-5,8-14,16H2,1-3H3. The largest absolute Gasteiger partial charge is 0.497 e. The molecule has 0 bridgehead atoms. The molecular formula is C23H33N3O4. The van der Waals surface area contributed by atoms with Crippen LogP contribution in [-0.2, 0) is 21.6 Å². The molecule has 1 atom stereocenters. The van der Waals surface area contributed by atoms with E-state index in [9.17, 15) is 9.59 Å². The molecule has 1 aromatic carbocycles. The molecule has 7 nitrogen and oxygen atoms in total. The van der Waals surface area contributed by atoms with Gasteiger partial charge in [0, 0.05) is 40.3 Å². The smallest absolute Gasteiger partial charge is 0.319 e. The number of ether oxygens (including phenoxy) is 2. The molecule has 0 N–H and O–H groups in total. The minimum absolute atomic E-state index is 0.00672. The van der Waals surface area contributed by atoms with Crippen molar-refractivity contribution < 1.29 is 19.1 Å². The summed E-state index contributed by atoms with van der Waals surface area (Å²) in [5, 5.41) is 0. The van der Waals surface area contributed by atoms with Gasteiger partial charge in [-0.3, -0.25) is 4.79 Å². The predicted molar refractivity (Wildman–Crippen MR) is 114 cm³/mol. The summed E-state index contributed by atoms with van der Waals surface area (Å²) in [7, 11) is 5.21. The number of nitrogens with zero attached hydrogens (tertiary/aromatic N) is 3. The molecule has 4 rings (SSSR count). The molecule has 1 aromatic rings. The number of carbonyl (C=O) groups is 2. The Labute approximate surface area is 178 Å². The van der Waals surface area contributed by atoms with E-state index in [4.69, 9.17) is 9.47 Å². The van der Waals surface area contributed by atoms with Crippen LogP contribution in [0.15, 0.2) is 18.2 Å². The van der Waals surface area contributed by atoms with Gasteiger partial charge < -0.3 is 24.2 Å². The summed E-state index contributed by atoms with van der Waals surface area (Å²) in [5.74, 6) is 0.972. The highest BCUT2D eigenvalue weighted by Crippen LogP contribution is 2.42. The number of benzene rings is 1. The van der Waals surface area contributed by atoms with Crippen molar-refractivity contribution in [3.8, 4) is 5.75 Å². The van der Waals surface area contributed by atoms with E-state index in [1.807, 2.05) is 15.9 Å². The first-order chi connectivity index (χ1) is 14.4. The number of methoxy groups -OCH3 is 1. The number of amides is 3. The van der Waals surface area contributed by atoms with E-state index >= 15 is 0 Å². The molecule has 1 unspecified atom stereocenters. The number of likely N-dealkylation sites (tertiary alicyclic amines) is 2. The Morgan fingerprint density at radius 1 is 1.17 bits per heavy atom. The first kappa shape index (κ1) is 21.0. The SMILES string of the molecule is COc1ccc2c(c1)CCOC21CCN(C(=O)C2CCCN(C(=O)N(C)C)C2)CC1. The van der Waals surface area contributed by atoms with Crippen molar-refractivity contribution in [2.45, 2.75) is 37.7 Å². The normalized spacial score (nSPS) is 23.1. The molecule has 3 aliphatic rings. The van der Waals surface area contributed by atoms with Crippen LogP contribution in [0.3, 0.4) is 0 Å². The number of carbonyl (C=O) groups excluding carboxylic acids is 2. The number of rotatable bonds is 2. The summed E-state index contributed by atoms with van der Waals surface area (Å²) >= 11 is 0. The maximum Gasteiger partial charge on any atom is 0.319 e. The van der Waals surface area contributed by atoms with Gasteiger partial charge in [-0.2, -0.15) is 0 Å². The number of piperidine rings is 2. The molecule has 0 aliphatic carbocycles. The summed E-state index contributed by atoms with van der Waals surface area (Å²) in [6, 6.07) is 6.25. The van der Waals surface area contributed by atoms with Crippen LogP contribution in [0, 0.1) is 5.92 Å². The van der Waals surface area contributed by atoms with Crippen LogP contribution in [0.1, 0.15) is 36.8 Å². The third-order valence-electron chi connectivity index (χ3n) is 6.86. The fraction of sp³-hybridized carbons (Fsp3) is 0.652. The monoisotopic (exact) mass is 415 g/mol. The second kappa shape index (κ2) is 8.46. The average molecular weight is 416 g/mol. The van der Waals surface area contributed by atoms with Gasteiger partial charge in [-0.05, 0) is 55.4 Å². The topological polar surface area (TPSA) is 62.3 Å². The van der Waals surface area contributed by atoms with E-state index < -0.39 is 0 Å². The summed E-state index contributed by atoms with van der Waals surface area (Å²) in [6.07, 6.45) is 4.26. The second-order valence-electron chi connectivity index (χ2n) is 8.90. The van der Waals surface area contributed by atoms with E-state index in [-0.39, 0.29) is 23.5 Å². The first-order valence-electron chi connectivity index (χ1n) is 11.0. The maximum absolute atomic E-state index is 13.2. The highest BCUT2D eigenvalue weighted by Gasteiger charge is 2.43. The lowest BCUT2D eigenvalue weighted by Gasteiger charge is -2.46. The molecule has 30 heavy (non-hydrogen) atoms. The Morgan fingerprint density at radius 2 is 1.93 bits per heavy atom. The summed E-state index contributed by atoms with van der Waals surface area (Å²) in [4.78, 5) is 30.9. The van der Waals surface area contributed by atoms with Gasteiger partial charge in [-0.15, -0.1) is 0 Å². The van der Waals surface area contributed by atoms with Crippen molar-refractivity contribution >= 4 is 11.9 Å². The van der Waals surface area contributed by atoms with Crippen LogP contribution in [0.2, 0.25) is 0 Å². The van der Waals surface area contributed by atoms with Gasteiger partial charge in [0.25, 0.3) is 0 Å². The highest BCUT2D eigenvalue weighted by molar-refractivity contribution is 5.81. The third-order valence-corrected chi connectivity index (χ3v) is 6.86. The highest BCUT2D eigenvalue weighted by atomic mass is 16.5. The zero-order chi connectivity index (χ0) is 21.3. The first-order valence-corrected chi connectivity index (χ1v) is 11.0. The van der Waals surface area contributed by atoms with Crippen LogP contribution in [0.5, 0.6) is 5.75 Å². The van der Waals surface area contributed by atoms with E-state index in [1.165, 1.54) is 11.1 Å². The van der Waals surface area contributed by atoms with Gasteiger partial charge >= 0.3 is 6.03 Å². The molecule has 3 heterocycles. The van der Waals surface area contributed by atoms with E-state index in [0.717, 1.165) is 44.4 Å². The van der Waals surface area contributed by atoms with Crippen molar-refractivity contribution in [1.29, 1.82) is 0 Å². The number of urea groups is 1. The van der Waals surface area contributed by atoms with Gasteiger partial charge in [0.2, 0.25) is 5.91 Å². The minimum atomic E-state index is -0.296. The molecule has 0 aromatic heterocycles. The number of hydrogen-bond acceptors (Lipinski definition) is 4. The quantitative estimate of drug-likeness (QED) is 0.745. The van der Waals surface area contributed by atoms with Crippen molar-refractivity contribution in [2.24, 2.45) is 5.92 Å². The lowest BCUT2D eigenvalue weighted by Crippen LogP contribution is -2.53. The third kappa shape index (κ3) is 3.87. The molecule has 2 saturated heterocycles. The minimum Gasteiger partial charge on any atom is -0.497 e. The molecule has 3 aliphatic heterocycles. The van der Waals surface area contributed by atoms with Crippen LogP contribution < -0.4 is 4.74 Å². The van der Waals surface area contributed by atoms with Crippen molar-refractivity contribution in [3.63, 3.8) is 0 Å². The average Bonchev–Trinajstić information content (AvgIpc) is 2.78. The fourth-order valence-electron chi connectivity index (χ4n) is 5.18. The van der Waals surface area contributed by atoms with E-state index in [2.05, 4.69) is 12.1 Å². The van der Waals surface area contributed by atoms with Crippen molar-refractivity contribution in [3.05, 3.63) is 29.3 Å². The maximum atomic E-state index is 13.2. The fourth-order valence-corrected chi connectivity index (χ4v) is 5.18. The van der Waals surface area contributed by atoms with Gasteiger partial charge in [0.05, 0.1) is 25.2 Å². The van der Waals surface area contributed by atoms with Crippen molar-refractivity contribution in [2.75, 3.05) is 54.0 Å². The lowest BCUT2D eigenvalue weighted by atomic mass is 9.79. The van der Waals surface area contributed by atoms with Crippen LogP contribution in [0.25, 0.3) is 0 Å². The summed E-state index contributed by atoms with van der Waals surface area (Å²) < 4.78 is 11.7. The Hall–Kier alpha value is -2.28. The van der Waals surface area contributed by atoms with Crippen LogP contribution >= 0.6 is 0 Å². The molecule has 3 amide bonds. The molecule has 164 valence electrons. The number of hydrogen-bond donors (Lipinski definition) is 0. The lowest BCUT2D eigenvalue weighted by molar-refractivity contribution is -0.146. The Bertz CT molecular complexity index is 802. The zero-order valence-electron chi connectivity index (χ0n) is 18.4. The van der Waals surface area contributed by atoms with E-state index in [1.54, 1.807) is 26.1 Å². The van der Waals surface area contributed by atoms with Gasteiger partial charge in [0.1, 0.15) is 5.75 Å². The molecule has 0 saturated carbocycles. The summed E-state index contributed by atoms with van der Waals surface area (Å²) in [5.41, 5.74) is 2.25. The van der Waals surface area contributed by atoms with Gasteiger partial charge in [-0.25, -0.2) is 4.79 Å². The Morgan fingerprint density at radius 3 is 2.63 bits per heavy atom. The number of fused-ring (bicyclic) bond motifs is 2. The predicted octanol–water partition coefficient (Wildman–Crippen LogP) is 2.48.